The van der Waals surface area contributed by atoms with Crippen LogP contribution in [0.5, 0.6) is 17.2 Å². The molecule has 0 aliphatic rings. The van der Waals surface area contributed by atoms with E-state index in [-0.39, 0.29) is 6.61 Å². The van der Waals surface area contributed by atoms with Crippen LogP contribution in [0.1, 0.15) is 0 Å². The number of ether oxygens (including phenoxy) is 2. The van der Waals surface area contributed by atoms with Crippen molar-refractivity contribution in [3.8, 4) is 23.3 Å². The van der Waals surface area contributed by atoms with Crippen molar-refractivity contribution in [2.24, 2.45) is 0 Å². The lowest BCUT2D eigenvalue weighted by molar-refractivity contribution is 0.328. The van der Waals surface area contributed by atoms with Gasteiger partial charge in [0.05, 0.1) is 6.07 Å². The number of hydrogen-bond acceptors (Lipinski definition) is 3. The number of para-hydroxylation sites is 1. The molecule has 0 fully saturated rings. The molecule has 0 aliphatic heterocycles. The van der Waals surface area contributed by atoms with Crippen molar-refractivity contribution in [1.29, 1.82) is 5.26 Å². The van der Waals surface area contributed by atoms with E-state index in [0.717, 1.165) is 11.5 Å². The largest absolute Gasteiger partial charge is 0.491 e. The van der Waals surface area contributed by atoms with Crippen molar-refractivity contribution in [2.45, 2.75) is 5.38 Å². The standard InChI is InChI=1S/C15H12ClNO2/c16-12(10-17)11-18-13-6-8-15(9-7-13)19-14-4-2-1-3-5-14/h1-9,12H,11H2. The average molecular weight is 274 g/mol. The number of benzene rings is 2. The van der Waals surface area contributed by atoms with E-state index in [1.54, 1.807) is 24.3 Å². The maximum Gasteiger partial charge on any atom is 0.154 e. The number of alkyl halides is 1. The third-order valence-corrected chi connectivity index (χ3v) is 2.56. The van der Waals surface area contributed by atoms with Crippen LogP contribution in [0.4, 0.5) is 0 Å². The minimum absolute atomic E-state index is 0.164. The fourth-order valence-electron chi connectivity index (χ4n) is 1.44. The summed E-state index contributed by atoms with van der Waals surface area (Å²) in [6.07, 6.45) is 0. The molecule has 1 unspecified atom stereocenters. The Balaban J connectivity index is 1.93. The Morgan fingerprint density at radius 1 is 0.947 bits per heavy atom. The van der Waals surface area contributed by atoms with E-state index < -0.39 is 5.38 Å². The van der Waals surface area contributed by atoms with Crippen LogP contribution in [0.15, 0.2) is 54.6 Å². The van der Waals surface area contributed by atoms with Crippen LogP contribution in [-0.4, -0.2) is 12.0 Å². The summed E-state index contributed by atoms with van der Waals surface area (Å²) in [6, 6.07) is 18.6. The zero-order chi connectivity index (χ0) is 13.5. The van der Waals surface area contributed by atoms with Gasteiger partial charge in [-0.1, -0.05) is 18.2 Å². The van der Waals surface area contributed by atoms with Crippen LogP contribution >= 0.6 is 11.6 Å². The summed E-state index contributed by atoms with van der Waals surface area (Å²) in [6.45, 7) is 0.164. The van der Waals surface area contributed by atoms with Gasteiger partial charge in [-0.05, 0) is 36.4 Å². The van der Waals surface area contributed by atoms with Crippen LogP contribution < -0.4 is 9.47 Å². The Labute approximate surface area is 117 Å². The number of nitriles is 1. The second-order valence-electron chi connectivity index (χ2n) is 3.79. The van der Waals surface area contributed by atoms with Crippen LogP contribution in [0, 0.1) is 11.3 Å². The highest BCUT2D eigenvalue weighted by Gasteiger charge is 2.03. The number of halogens is 1. The van der Waals surface area contributed by atoms with Crippen molar-refractivity contribution in [3.05, 3.63) is 54.6 Å². The minimum Gasteiger partial charge on any atom is -0.491 e. The Morgan fingerprint density at radius 3 is 2.16 bits per heavy atom. The lowest BCUT2D eigenvalue weighted by atomic mass is 10.3. The van der Waals surface area contributed by atoms with Gasteiger partial charge in [0.2, 0.25) is 0 Å². The number of hydrogen-bond donors (Lipinski definition) is 0. The second-order valence-corrected chi connectivity index (χ2v) is 4.32. The van der Waals surface area contributed by atoms with E-state index in [9.17, 15) is 0 Å². The molecule has 19 heavy (non-hydrogen) atoms. The molecule has 1 atom stereocenters. The quantitative estimate of drug-likeness (QED) is 0.774. The van der Waals surface area contributed by atoms with E-state index in [4.69, 9.17) is 26.3 Å². The van der Waals surface area contributed by atoms with Crippen LogP contribution in [-0.2, 0) is 0 Å². The lowest BCUT2D eigenvalue weighted by Crippen LogP contribution is -2.08. The van der Waals surface area contributed by atoms with Gasteiger partial charge in [-0.15, -0.1) is 11.6 Å². The minimum atomic E-state index is -0.639. The summed E-state index contributed by atoms with van der Waals surface area (Å²) in [5, 5.41) is 7.90. The summed E-state index contributed by atoms with van der Waals surface area (Å²) >= 11 is 5.64. The molecule has 0 saturated heterocycles. The van der Waals surface area contributed by atoms with E-state index >= 15 is 0 Å². The predicted molar refractivity (Wildman–Crippen MR) is 73.7 cm³/mol. The molecule has 0 bridgehead atoms. The van der Waals surface area contributed by atoms with Gasteiger partial charge in [-0.3, -0.25) is 0 Å². The normalized spacial score (nSPS) is 11.4. The monoisotopic (exact) mass is 273 g/mol. The maximum atomic E-state index is 8.54. The molecule has 0 spiro atoms. The summed E-state index contributed by atoms with van der Waals surface area (Å²) in [5.74, 6) is 2.16. The second kappa shape index (κ2) is 6.67. The molecule has 4 heteroatoms. The van der Waals surface area contributed by atoms with Gasteiger partial charge in [0, 0.05) is 0 Å². The van der Waals surface area contributed by atoms with E-state index in [2.05, 4.69) is 0 Å². The first-order valence-electron chi connectivity index (χ1n) is 5.77. The molecule has 96 valence electrons. The third-order valence-electron chi connectivity index (χ3n) is 2.34. The molecule has 0 saturated carbocycles. The fourth-order valence-corrected chi connectivity index (χ4v) is 1.50. The molecular weight excluding hydrogens is 262 g/mol. The fraction of sp³-hybridized carbons (Fsp3) is 0.133. The predicted octanol–water partition coefficient (Wildman–Crippen LogP) is 3.99. The van der Waals surface area contributed by atoms with Crippen molar-refractivity contribution in [3.63, 3.8) is 0 Å². The van der Waals surface area contributed by atoms with E-state index in [0.29, 0.717) is 5.75 Å². The zero-order valence-electron chi connectivity index (χ0n) is 10.1. The molecule has 2 aromatic carbocycles. The highest BCUT2D eigenvalue weighted by Crippen LogP contribution is 2.23. The molecule has 0 aromatic heterocycles. The highest BCUT2D eigenvalue weighted by molar-refractivity contribution is 6.22. The van der Waals surface area contributed by atoms with Crippen LogP contribution in [0.25, 0.3) is 0 Å². The van der Waals surface area contributed by atoms with Gasteiger partial charge in [-0.25, -0.2) is 0 Å². The van der Waals surface area contributed by atoms with Gasteiger partial charge < -0.3 is 9.47 Å². The smallest absolute Gasteiger partial charge is 0.154 e. The molecule has 2 rings (SSSR count). The summed E-state index contributed by atoms with van der Waals surface area (Å²) < 4.78 is 11.0. The van der Waals surface area contributed by atoms with Gasteiger partial charge in [0.1, 0.15) is 23.9 Å². The molecule has 0 N–H and O–H groups in total. The maximum absolute atomic E-state index is 8.54. The van der Waals surface area contributed by atoms with Gasteiger partial charge in [0.15, 0.2) is 5.38 Å². The molecule has 0 heterocycles. The van der Waals surface area contributed by atoms with Crippen LogP contribution in [0.2, 0.25) is 0 Å². The molecule has 0 radical (unpaired) electrons. The third kappa shape index (κ3) is 4.20. The first kappa shape index (κ1) is 13.3. The number of nitrogens with zero attached hydrogens (tertiary/aromatic N) is 1. The van der Waals surface area contributed by atoms with E-state index in [1.165, 1.54) is 0 Å². The van der Waals surface area contributed by atoms with Crippen molar-refractivity contribution >= 4 is 11.6 Å². The topological polar surface area (TPSA) is 42.2 Å². The first-order chi connectivity index (χ1) is 9.28. The van der Waals surface area contributed by atoms with E-state index in [1.807, 2.05) is 36.4 Å². The van der Waals surface area contributed by atoms with Crippen molar-refractivity contribution in [1.82, 2.24) is 0 Å². The zero-order valence-corrected chi connectivity index (χ0v) is 10.9. The summed E-state index contributed by atoms with van der Waals surface area (Å²) in [4.78, 5) is 0. The first-order valence-corrected chi connectivity index (χ1v) is 6.21. The Hall–Kier alpha value is -2.18. The average Bonchev–Trinajstić information content (AvgIpc) is 2.47. The van der Waals surface area contributed by atoms with Gasteiger partial charge in [0.25, 0.3) is 0 Å². The summed E-state index contributed by atoms with van der Waals surface area (Å²) in [7, 11) is 0. The van der Waals surface area contributed by atoms with Gasteiger partial charge >= 0.3 is 0 Å². The Morgan fingerprint density at radius 2 is 1.53 bits per heavy atom. The molecule has 0 amide bonds. The SMILES string of the molecule is N#CC(Cl)COc1ccc(Oc2ccccc2)cc1. The van der Waals surface area contributed by atoms with Crippen LogP contribution in [0.3, 0.4) is 0 Å². The number of rotatable bonds is 5. The van der Waals surface area contributed by atoms with Crippen molar-refractivity contribution < 1.29 is 9.47 Å². The highest BCUT2D eigenvalue weighted by atomic mass is 35.5. The molecule has 3 nitrogen and oxygen atoms in total. The van der Waals surface area contributed by atoms with Gasteiger partial charge in [-0.2, -0.15) is 5.26 Å². The summed E-state index contributed by atoms with van der Waals surface area (Å²) in [5.41, 5.74) is 0. The van der Waals surface area contributed by atoms with Crippen molar-refractivity contribution in [2.75, 3.05) is 6.61 Å². The molecule has 0 aliphatic carbocycles. The lowest BCUT2D eigenvalue weighted by Gasteiger charge is -2.08. The Kier molecular flexibility index (Phi) is 4.66. The Bertz CT molecular complexity index is 549. The molecular formula is C15H12ClNO2. The molecule has 2 aromatic rings.